The standard InChI is InChI=1S/C41H49N7O6S2.C40H48N8O6S2/c1-22(2)35(45-40(51)53-5)38(49)47-17-7-9-29(47)27-14-13-26(43-27)24-11-15-31-33(19-24)56-34-20-25(12-16-32(34)55-31)28-21-42-37(44-28)30-10-8-18-48(30)39(50)36(23(3)4)46-41(52)54-6;1-21(2)33(45-39(51)53-5)37(49)47-15-7-9-27(47)35-41-19-25(43-35)23-11-13-29-31(17-23)55-30-14-12-24(18-32(30)56-29)26-20-42-36(44-26)28-10-8-16-48(28)38(50)34(22(3)4)46-40(52)54-6/h11-16,19-23,29-30,35-36,43H,7-10,17-18H2,1-6H3,(H,42,44)(H,45,51)(H,46,52);11-14,17-22,27-28,33-34H,7-10,15-16H2,1-6H3,(H,41,43)(H,42,44)(H,45,51)(H,46,52)/t29-,30-,35-,36-;27-,28-,33-,34-/m00/s1. The van der Waals surface area contributed by atoms with Crippen molar-refractivity contribution < 1.29 is 57.3 Å². The number of fused-ring (bicyclic) bond motifs is 4. The van der Waals surface area contributed by atoms with Crippen LogP contribution >= 0.6 is 47.0 Å². The number of H-pyrrole nitrogens is 4. The second kappa shape index (κ2) is 35.0. The molecule has 4 aromatic carbocycles. The Balaban J connectivity index is 0.000000196. The number of benzene rings is 4. The third-order valence-corrected chi connectivity index (χ3v) is 26.5. The second-order valence-electron chi connectivity index (χ2n) is 30.1. The number of aromatic nitrogens is 7. The summed E-state index contributed by atoms with van der Waals surface area (Å²) >= 11 is 6.93. The molecule has 4 aromatic heterocycles. The Morgan fingerprint density at radius 3 is 0.893 bits per heavy atom. The first-order valence-corrected chi connectivity index (χ1v) is 41.4. The number of methoxy groups -OCH3 is 4. The van der Waals surface area contributed by atoms with Crippen molar-refractivity contribution in [2.45, 2.75) is 194 Å². The molecule has 0 bridgehead atoms. The fourth-order valence-corrected chi connectivity index (χ4v) is 19.9. The maximum Gasteiger partial charge on any atom is 0.407 e. The van der Waals surface area contributed by atoms with Crippen molar-refractivity contribution >= 4 is 95.0 Å². The van der Waals surface area contributed by atoms with Crippen molar-refractivity contribution in [2.24, 2.45) is 23.7 Å². The molecule has 8 aromatic rings. The molecule has 112 heavy (non-hydrogen) atoms. The summed E-state index contributed by atoms with van der Waals surface area (Å²) in [7, 11) is 5.18. The molecule has 8 atom stereocenters. The summed E-state index contributed by atoms with van der Waals surface area (Å²) in [5.41, 5.74) is 8.64. The SMILES string of the molecule is COC(=O)N[C@H](C(=O)N1CCC[C@H]1c1ccc(-c2ccc3c(c2)Sc2cc(-c4cnc([C@@H]5CCCN5C(=O)[C@@H](NC(=O)OC)C(C)C)[nH]4)ccc2S3)[nH]1)C(C)C.COC(=O)N[C@H](C(=O)N1CCC[C@H]1c1ncc(-c2ccc3c(c2)Sc2ccc(-c4cnc([C@@H]5CCCN5C(=O)[C@@H](NC(=O)OC)C(C)C)[nH]4)cc2S3)[nH]1)C(C)C. The van der Waals surface area contributed by atoms with Gasteiger partial charge in [0.25, 0.3) is 0 Å². The lowest BCUT2D eigenvalue weighted by Crippen LogP contribution is -2.51. The smallest absolute Gasteiger partial charge is 0.407 e. The summed E-state index contributed by atoms with van der Waals surface area (Å²) < 4.78 is 19.1. The lowest BCUT2D eigenvalue weighted by atomic mass is 10.0. The Morgan fingerprint density at radius 1 is 0.348 bits per heavy atom. The van der Waals surface area contributed by atoms with Gasteiger partial charge in [-0.15, -0.1) is 0 Å². The van der Waals surface area contributed by atoms with E-state index in [0.29, 0.717) is 26.2 Å². The van der Waals surface area contributed by atoms with Crippen LogP contribution < -0.4 is 21.3 Å². The molecule has 10 heterocycles. The Hall–Kier alpha value is -9.85. The Bertz CT molecular complexity index is 4530. The van der Waals surface area contributed by atoms with E-state index in [1.165, 1.54) is 38.2 Å². The van der Waals surface area contributed by atoms with Crippen molar-refractivity contribution in [1.82, 2.24) is 75.8 Å². The molecular formula is C81H97N15O12S4. The molecule has 0 saturated carbocycles. The maximum absolute atomic E-state index is 13.7. The van der Waals surface area contributed by atoms with Gasteiger partial charge in [-0.2, -0.15) is 0 Å². The molecule has 27 nitrogen and oxygen atoms in total. The first-order valence-electron chi connectivity index (χ1n) is 38.1. The van der Waals surface area contributed by atoms with Crippen LogP contribution in [0.4, 0.5) is 19.2 Å². The van der Waals surface area contributed by atoms with Crippen LogP contribution in [0.1, 0.15) is 154 Å². The molecular weight excluding hydrogens is 1500 g/mol. The monoisotopic (exact) mass is 1600 g/mol. The summed E-state index contributed by atoms with van der Waals surface area (Å²) in [6.07, 6.45) is 9.62. The molecule has 8 N–H and O–H groups in total. The summed E-state index contributed by atoms with van der Waals surface area (Å²) in [5.74, 6) is 1.27. The van der Waals surface area contributed by atoms with Crippen LogP contribution in [0.3, 0.4) is 0 Å². The number of aromatic amines is 4. The van der Waals surface area contributed by atoms with Gasteiger partial charge in [-0.1, -0.05) is 127 Å². The van der Waals surface area contributed by atoms with Crippen molar-refractivity contribution in [1.29, 1.82) is 0 Å². The van der Waals surface area contributed by atoms with Gasteiger partial charge < -0.3 is 79.8 Å². The molecule has 0 aliphatic carbocycles. The molecule has 14 rings (SSSR count). The summed E-state index contributed by atoms with van der Waals surface area (Å²) in [4.78, 5) is 147. The number of nitrogens with zero attached hydrogens (tertiary/aromatic N) is 7. The van der Waals surface area contributed by atoms with E-state index in [1.54, 1.807) is 47.0 Å². The molecule has 6 aliphatic heterocycles. The lowest BCUT2D eigenvalue weighted by molar-refractivity contribution is -0.136. The fourth-order valence-electron chi connectivity index (χ4n) is 15.4. The molecule has 0 unspecified atom stereocenters. The Kier molecular flexibility index (Phi) is 25.1. The number of imidazole rings is 3. The van der Waals surface area contributed by atoms with Gasteiger partial charge in [0.15, 0.2) is 0 Å². The molecule has 0 radical (unpaired) electrons. The average molecular weight is 1600 g/mol. The fraction of sp³-hybridized carbons (Fsp3) is 0.444. The number of hydrogen-bond donors (Lipinski definition) is 8. The van der Waals surface area contributed by atoms with Crippen LogP contribution in [-0.4, -0.2) is 181 Å². The number of hydrogen-bond acceptors (Lipinski definition) is 19. The number of carbonyl (C=O) groups excluding carboxylic acids is 8. The van der Waals surface area contributed by atoms with Crippen LogP contribution in [0.15, 0.2) is 143 Å². The van der Waals surface area contributed by atoms with E-state index in [0.717, 1.165) is 149 Å². The van der Waals surface area contributed by atoms with Crippen molar-refractivity contribution in [3.8, 4) is 45.0 Å². The first-order chi connectivity index (χ1) is 53.9. The topological polar surface area (TPSA) is 336 Å². The predicted octanol–water partition coefficient (Wildman–Crippen LogP) is 14.9. The van der Waals surface area contributed by atoms with Crippen LogP contribution in [0.2, 0.25) is 0 Å². The maximum atomic E-state index is 13.7. The van der Waals surface area contributed by atoms with E-state index in [2.05, 4.69) is 126 Å². The van der Waals surface area contributed by atoms with Gasteiger partial charge in [0.1, 0.15) is 41.6 Å². The summed E-state index contributed by atoms with van der Waals surface area (Å²) in [6, 6.07) is 26.4. The zero-order valence-electron chi connectivity index (χ0n) is 64.9. The minimum Gasteiger partial charge on any atom is -0.453 e. The van der Waals surface area contributed by atoms with Gasteiger partial charge in [-0.05, 0) is 141 Å². The first kappa shape index (κ1) is 80.2. The van der Waals surface area contributed by atoms with Crippen LogP contribution in [0.5, 0.6) is 0 Å². The minimum atomic E-state index is -0.690. The van der Waals surface area contributed by atoms with E-state index in [-0.39, 0.29) is 71.5 Å². The molecule has 6 aliphatic rings. The van der Waals surface area contributed by atoms with Gasteiger partial charge in [0.2, 0.25) is 23.6 Å². The van der Waals surface area contributed by atoms with Crippen molar-refractivity contribution in [3.05, 3.63) is 127 Å². The van der Waals surface area contributed by atoms with Gasteiger partial charge >= 0.3 is 24.4 Å². The van der Waals surface area contributed by atoms with Crippen molar-refractivity contribution in [3.63, 3.8) is 0 Å². The number of likely N-dealkylation sites (tertiary alicyclic amines) is 4. The van der Waals surface area contributed by atoms with Crippen LogP contribution in [-0.2, 0) is 38.1 Å². The third-order valence-electron chi connectivity index (χ3n) is 21.4. The number of rotatable bonds is 20. The van der Waals surface area contributed by atoms with Crippen LogP contribution in [0.25, 0.3) is 45.0 Å². The van der Waals surface area contributed by atoms with E-state index < -0.39 is 48.5 Å². The Labute approximate surface area is 668 Å². The predicted molar refractivity (Wildman–Crippen MR) is 426 cm³/mol. The second-order valence-corrected chi connectivity index (χ2v) is 34.5. The van der Waals surface area contributed by atoms with Gasteiger partial charge in [0, 0.05) is 93.4 Å². The number of alkyl carbamates (subject to hydrolysis) is 4. The highest BCUT2D eigenvalue weighted by molar-refractivity contribution is 8.05. The molecule has 0 spiro atoms. The lowest BCUT2D eigenvalue weighted by Gasteiger charge is -2.30. The van der Waals surface area contributed by atoms with E-state index in [4.69, 9.17) is 33.9 Å². The number of nitrogens with one attached hydrogen (secondary N) is 8. The number of carbonyl (C=O) groups is 8. The van der Waals surface area contributed by atoms with Crippen LogP contribution in [0, 0.1) is 23.7 Å². The molecule has 8 amide bonds. The van der Waals surface area contributed by atoms with E-state index in [1.807, 2.05) is 93.6 Å². The van der Waals surface area contributed by atoms with Gasteiger partial charge in [-0.3, -0.25) is 19.2 Å². The highest BCUT2D eigenvalue weighted by atomic mass is 32.2. The third kappa shape index (κ3) is 17.4. The largest absolute Gasteiger partial charge is 0.453 e. The molecule has 4 saturated heterocycles. The number of ether oxygens (including phenoxy) is 4. The molecule has 31 heteroatoms. The number of amides is 8. The van der Waals surface area contributed by atoms with E-state index in [9.17, 15) is 38.4 Å². The van der Waals surface area contributed by atoms with Gasteiger partial charge in [0.05, 0.1) is 88.3 Å². The van der Waals surface area contributed by atoms with E-state index >= 15 is 0 Å². The van der Waals surface area contributed by atoms with Gasteiger partial charge in [-0.25, -0.2) is 34.1 Å². The zero-order chi connectivity index (χ0) is 79.3. The highest BCUT2D eigenvalue weighted by Crippen LogP contribution is 2.53. The highest BCUT2D eigenvalue weighted by Gasteiger charge is 2.42. The molecule has 4 fully saturated rings. The quantitative estimate of drug-likeness (QED) is 0.0329. The summed E-state index contributed by atoms with van der Waals surface area (Å²) in [5, 5.41) is 10.8. The van der Waals surface area contributed by atoms with Crippen molar-refractivity contribution in [2.75, 3.05) is 54.6 Å². The Morgan fingerprint density at radius 2 is 0.607 bits per heavy atom. The zero-order valence-corrected chi connectivity index (χ0v) is 68.2. The summed E-state index contributed by atoms with van der Waals surface area (Å²) in [6.45, 7) is 17.7. The molecule has 592 valence electrons. The average Bonchev–Trinajstić information content (AvgIpc) is 1.57. The normalized spacial score (nSPS) is 18.7. The minimum absolute atomic E-state index is 0.0897.